The van der Waals surface area contributed by atoms with Crippen LogP contribution in [0.2, 0.25) is 0 Å². The number of carbonyl (C=O) groups excluding carboxylic acids is 2. The van der Waals surface area contributed by atoms with Gasteiger partial charge in [0, 0.05) is 12.1 Å². The fourth-order valence-electron chi connectivity index (χ4n) is 3.52. The third kappa shape index (κ3) is 6.04. The van der Waals surface area contributed by atoms with E-state index in [1.54, 1.807) is 32.4 Å². The maximum absolute atomic E-state index is 13.0. The fraction of sp³-hybridized carbons (Fsp3) is 0.231. The van der Waals surface area contributed by atoms with Gasteiger partial charge in [-0.3, -0.25) is 9.59 Å². The molecule has 0 bridgehead atoms. The van der Waals surface area contributed by atoms with Crippen LogP contribution in [0.15, 0.2) is 72.8 Å². The third-order valence-electron chi connectivity index (χ3n) is 5.15. The number of hydrogen-bond acceptors (Lipinski definition) is 5. The molecule has 0 saturated heterocycles. The lowest BCUT2D eigenvalue weighted by molar-refractivity contribution is -0.126. The molecule has 1 unspecified atom stereocenters. The Balaban J connectivity index is 1.73. The zero-order valence-corrected chi connectivity index (χ0v) is 19.0. The highest BCUT2D eigenvalue weighted by molar-refractivity contribution is 5.97. The van der Waals surface area contributed by atoms with Crippen LogP contribution in [0.5, 0.6) is 17.2 Å². The average molecular weight is 449 g/mol. The predicted octanol–water partition coefficient (Wildman–Crippen LogP) is 4.14. The van der Waals surface area contributed by atoms with E-state index in [0.29, 0.717) is 34.9 Å². The summed E-state index contributed by atoms with van der Waals surface area (Å²) in [5.74, 6) is 0.964. The molecule has 0 saturated carbocycles. The van der Waals surface area contributed by atoms with E-state index in [4.69, 9.17) is 14.2 Å². The van der Waals surface area contributed by atoms with Gasteiger partial charge in [-0.05, 0) is 35.7 Å². The largest absolute Gasteiger partial charge is 0.493 e. The highest BCUT2D eigenvalue weighted by Crippen LogP contribution is 2.40. The monoisotopic (exact) mass is 448 g/mol. The van der Waals surface area contributed by atoms with Crippen molar-refractivity contribution in [2.75, 3.05) is 26.6 Å². The first-order valence-corrected chi connectivity index (χ1v) is 10.6. The van der Waals surface area contributed by atoms with Gasteiger partial charge in [-0.15, -0.1) is 0 Å². The number of para-hydroxylation sites is 1. The highest BCUT2D eigenvalue weighted by atomic mass is 16.5. The summed E-state index contributed by atoms with van der Waals surface area (Å²) < 4.78 is 16.2. The molecule has 0 spiro atoms. The standard InChI is InChI=1S/C26H28N2O5/c1-31-21-16-14-19(24(32-2)25(21)33-3)15-17-22(29)28-23(18-10-6-4-7-11-18)26(30)27-20-12-8-5-9-13-20/h4-14,16,23H,15,17H2,1-3H3,(H,27,30)(H,28,29). The summed E-state index contributed by atoms with van der Waals surface area (Å²) in [7, 11) is 4.63. The Kier molecular flexibility index (Phi) is 8.30. The Labute approximate surface area is 193 Å². The molecule has 2 amide bonds. The second-order valence-electron chi connectivity index (χ2n) is 7.26. The van der Waals surface area contributed by atoms with E-state index >= 15 is 0 Å². The molecule has 0 aromatic heterocycles. The van der Waals surface area contributed by atoms with Crippen molar-refractivity contribution in [2.45, 2.75) is 18.9 Å². The van der Waals surface area contributed by atoms with Crippen LogP contribution in [0.25, 0.3) is 0 Å². The lowest BCUT2D eigenvalue weighted by Crippen LogP contribution is -2.37. The summed E-state index contributed by atoms with van der Waals surface area (Å²) in [6.07, 6.45) is 0.560. The summed E-state index contributed by atoms with van der Waals surface area (Å²) >= 11 is 0. The number of ether oxygens (including phenoxy) is 3. The first-order chi connectivity index (χ1) is 16.1. The Hall–Kier alpha value is -4.00. The number of methoxy groups -OCH3 is 3. The van der Waals surface area contributed by atoms with Gasteiger partial charge in [-0.2, -0.15) is 0 Å². The lowest BCUT2D eigenvalue weighted by atomic mass is 10.0. The molecule has 7 nitrogen and oxygen atoms in total. The summed E-state index contributed by atoms with van der Waals surface area (Å²) in [6, 6.07) is 21.1. The zero-order valence-electron chi connectivity index (χ0n) is 19.0. The molecule has 0 aliphatic rings. The number of benzene rings is 3. The van der Waals surface area contributed by atoms with Gasteiger partial charge >= 0.3 is 0 Å². The van der Waals surface area contributed by atoms with Crippen LogP contribution < -0.4 is 24.8 Å². The smallest absolute Gasteiger partial charge is 0.251 e. The van der Waals surface area contributed by atoms with Gasteiger partial charge in [-0.25, -0.2) is 0 Å². The normalized spacial score (nSPS) is 11.2. The third-order valence-corrected chi connectivity index (χ3v) is 5.15. The predicted molar refractivity (Wildman–Crippen MR) is 127 cm³/mol. The van der Waals surface area contributed by atoms with E-state index in [2.05, 4.69) is 10.6 Å². The van der Waals surface area contributed by atoms with E-state index in [-0.39, 0.29) is 18.2 Å². The van der Waals surface area contributed by atoms with E-state index in [9.17, 15) is 9.59 Å². The lowest BCUT2D eigenvalue weighted by Gasteiger charge is -2.19. The number of rotatable bonds is 10. The van der Waals surface area contributed by atoms with E-state index in [1.807, 2.05) is 54.6 Å². The molecule has 0 aliphatic heterocycles. The number of hydrogen-bond donors (Lipinski definition) is 2. The summed E-state index contributed by atoms with van der Waals surface area (Å²) in [5.41, 5.74) is 2.16. The van der Waals surface area contributed by atoms with Crippen molar-refractivity contribution in [1.29, 1.82) is 0 Å². The molecular weight excluding hydrogens is 420 g/mol. The number of aryl methyl sites for hydroxylation is 1. The second-order valence-corrected chi connectivity index (χ2v) is 7.26. The molecule has 3 aromatic carbocycles. The molecule has 3 rings (SSSR count). The number of nitrogens with one attached hydrogen (secondary N) is 2. The van der Waals surface area contributed by atoms with Crippen LogP contribution in [0.1, 0.15) is 23.6 Å². The van der Waals surface area contributed by atoms with Gasteiger partial charge in [0.15, 0.2) is 11.5 Å². The van der Waals surface area contributed by atoms with E-state index in [0.717, 1.165) is 5.56 Å². The Morgan fingerprint density at radius 3 is 2.03 bits per heavy atom. The quantitative estimate of drug-likeness (QED) is 0.487. The van der Waals surface area contributed by atoms with Crippen LogP contribution >= 0.6 is 0 Å². The molecular formula is C26H28N2O5. The molecule has 1 atom stereocenters. The average Bonchev–Trinajstić information content (AvgIpc) is 2.86. The zero-order chi connectivity index (χ0) is 23.6. The van der Waals surface area contributed by atoms with Crippen LogP contribution in [-0.4, -0.2) is 33.1 Å². The second kappa shape index (κ2) is 11.6. The molecule has 3 aromatic rings. The van der Waals surface area contributed by atoms with Crippen molar-refractivity contribution in [2.24, 2.45) is 0 Å². The van der Waals surface area contributed by atoms with Crippen LogP contribution in [-0.2, 0) is 16.0 Å². The van der Waals surface area contributed by atoms with Crippen LogP contribution in [0.4, 0.5) is 5.69 Å². The molecule has 7 heteroatoms. The van der Waals surface area contributed by atoms with Crippen molar-refractivity contribution in [3.05, 3.63) is 83.9 Å². The first kappa shape index (κ1) is 23.7. The number of amides is 2. The Morgan fingerprint density at radius 1 is 0.788 bits per heavy atom. The molecule has 172 valence electrons. The van der Waals surface area contributed by atoms with Crippen LogP contribution in [0, 0.1) is 0 Å². The van der Waals surface area contributed by atoms with Gasteiger partial charge in [0.25, 0.3) is 5.91 Å². The van der Waals surface area contributed by atoms with Gasteiger partial charge in [0.1, 0.15) is 6.04 Å². The molecule has 2 N–H and O–H groups in total. The number of carbonyl (C=O) groups is 2. The van der Waals surface area contributed by atoms with Gasteiger partial charge in [0.2, 0.25) is 11.7 Å². The van der Waals surface area contributed by atoms with Crippen molar-refractivity contribution >= 4 is 17.5 Å². The first-order valence-electron chi connectivity index (χ1n) is 10.6. The highest BCUT2D eigenvalue weighted by Gasteiger charge is 2.23. The summed E-state index contributed by atoms with van der Waals surface area (Å²) in [5, 5.41) is 5.73. The van der Waals surface area contributed by atoms with Gasteiger partial charge in [0.05, 0.1) is 21.3 Å². The molecule has 0 heterocycles. The minimum atomic E-state index is -0.828. The van der Waals surface area contributed by atoms with Crippen molar-refractivity contribution in [1.82, 2.24) is 5.32 Å². The van der Waals surface area contributed by atoms with Gasteiger partial charge < -0.3 is 24.8 Å². The molecule has 33 heavy (non-hydrogen) atoms. The fourth-order valence-corrected chi connectivity index (χ4v) is 3.52. The van der Waals surface area contributed by atoms with E-state index < -0.39 is 6.04 Å². The summed E-state index contributed by atoms with van der Waals surface area (Å²) in [6.45, 7) is 0. The maximum Gasteiger partial charge on any atom is 0.251 e. The Bertz CT molecular complexity index is 1070. The molecule has 0 aliphatic carbocycles. The van der Waals surface area contributed by atoms with E-state index in [1.165, 1.54) is 7.11 Å². The van der Waals surface area contributed by atoms with Crippen LogP contribution in [0.3, 0.4) is 0 Å². The maximum atomic E-state index is 13.0. The Morgan fingerprint density at radius 2 is 1.42 bits per heavy atom. The van der Waals surface area contributed by atoms with Gasteiger partial charge in [-0.1, -0.05) is 54.6 Å². The van der Waals surface area contributed by atoms with Crippen molar-refractivity contribution in [3.63, 3.8) is 0 Å². The van der Waals surface area contributed by atoms with Crippen molar-refractivity contribution in [3.8, 4) is 17.2 Å². The SMILES string of the molecule is COc1ccc(CCC(=O)NC(C(=O)Nc2ccccc2)c2ccccc2)c(OC)c1OC. The van der Waals surface area contributed by atoms with Crippen molar-refractivity contribution < 1.29 is 23.8 Å². The topological polar surface area (TPSA) is 85.9 Å². The summed E-state index contributed by atoms with van der Waals surface area (Å²) in [4.78, 5) is 25.8. The minimum Gasteiger partial charge on any atom is -0.493 e. The molecule has 0 fully saturated rings. The minimum absolute atomic E-state index is 0.161. The number of anilines is 1. The molecule has 0 radical (unpaired) electrons.